The number of hydrogen-bond acceptors (Lipinski definition) is 5. The van der Waals surface area contributed by atoms with Gasteiger partial charge in [-0.3, -0.25) is 0 Å². The molecular formula is C15H20N2O3P+. The molecule has 3 fully saturated rings. The van der Waals surface area contributed by atoms with Crippen molar-refractivity contribution < 1.29 is 13.8 Å². The molecule has 4 atom stereocenters. The SMILES string of the molecule is CC1C(c2ccccc2)O[P+]2(OC(=O)C3CCCN32)N1C. The van der Waals surface area contributed by atoms with E-state index in [2.05, 4.69) is 28.4 Å². The van der Waals surface area contributed by atoms with Gasteiger partial charge < -0.3 is 0 Å². The smallest absolute Gasteiger partial charge is 0.245 e. The average Bonchev–Trinajstić information content (AvgIpc) is 3.14. The monoisotopic (exact) mass is 307 g/mol. The molecule has 1 spiro atoms. The molecule has 3 aliphatic rings. The quantitative estimate of drug-likeness (QED) is 0.746. The Labute approximate surface area is 125 Å². The van der Waals surface area contributed by atoms with E-state index in [4.69, 9.17) is 9.05 Å². The van der Waals surface area contributed by atoms with Crippen LogP contribution in [0.2, 0.25) is 0 Å². The second-order valence-electron chi connectivity index (χ2n) is 5.97. The summed E-state index contributed by atoms with van der Waals surface area (Å²) in [4.78, 5) is 12.2. The highest BCUT2D eigenvalue weighted by Crippen LogP contribution is 2.78. The van der Waals surface area contributed by atoms with Crippen molar-refractivity contribution in [1.82, 2.24) is 9.34 Å². The minimum atomic E-state index is -2.41. The number of benzene rings is 1. The second-order valence-corrected chi connectivity index (χ2v) is 8.49. The molecule has 0 N–H and O–H groups in total. The molecule has 4 unspecified atom stereocenters. The van der Waals surface area contributed by atoms with Gasteiger partial charge in [-0.2, -0.15) is 4.52 Å². The number of nitrogens with zero attached hydrogens (tertiary/aromatic N) is 2. The Morgan fingerprint density at radius 3 is 2.81 bits per heavy atom. The largest absolute Gasteiger partial charge is 0.486 e. The lowest BCUT2D eigenvalue weighted by molar-refractivity contribution is -0.134. The van der Waals surface area contributed by atoms with E-state index < -0.39 is 8.02 Å². The van der Waals surface area contributed by atoms with Crippen molar-refractivity contribution >= 4 is 14.0 Å². The van der Waals surface area contributed by atoms with Crippen molar-refractivity contribution in [3.05, 3.63) is 35.9 Å². The van der Waals surface area contributed by atoms with Gasteiger partial charge in [-0.1, -0.05) is 35.0 Å². The van der Waals surface area contributed by atoms with E-state index in [-0.39, 0.29) is 24.2 Å². The van der Waals surface area contributed by atoms with Crippen LogP contribution in [0.1, 0.15) is 31.4 Å². The average molecular weight is 307 g/mol. The number of carbonyl (C=O) groups excluding carboxylic acids is 1. The zero-order valence-electron chi connectivity index (χ0n) is 12.3. The van der Waals surface area contributed by atoms with Crippen molar-refractivity contribution in [3.8, 4) is 0 Å². The molecular weight excluding hydrogens is 287 g/mol. The van der Waals surface area contributed by atoms with Gasteiger partial charge in [0.25, 0.3) is 0 Å². The summed E-state index contributed by atoms with van der Waals surface area (Å²) >= 11 is 0. The summed E-state index contributed by atoms with van der Waals surface area (Å²) in [6.07, 6.45) is 1.89. The van der Waals surface area contributed by atoms with Crippen LogP contribution >= 0.6 is 8.02 Å². The molecule has 0 bridgehead atoms. The number of fused-ring (bicyclic) bond motifs is 2. The summed E-state index contributed by atoms with van der Waals surface area (Å²) in [6.45, 7) is 3.03. The van der Waals surface area contributed by atoms with Gasteiger partial charge in [-0.15, -0.1) is 4.67 Å². The van der Waals surface area contributed by atoms with Gasteiger partial charge in [0.1, 0.15) is 0 Å². The van der Waals surface area contributed by atoms with Crippen LogP contribution < -0.4 is 0 Å². The highest BCUT2D eigenvalue weighted by Gasteiger charge is 2.75. The van der Waals surface area contributed by atoms with Gasteiger partial charge in [0.15, 0.2) is 12.1 Å². The predicted octanol–water partition coefficient (Wildman–Crippen LogP) is 2.78. The normalized spacial score (nSPS) is 39.9. The molecule has 1 aromatic carbocycles. The molecule has 6 heteroatoms. The summed E-state index contributed by atoms with van der Waals surface area (Å²) in [7, 11) is -0.386. The van der Waals surface area contributed by atoms with Gasteiger partial charge in [0.05, 0.1) is 6.04 Å². The highest BCUT2D eigenvalue weighted by atomic mass is 31.2. The Bertz CT molecular complexity index is 569. The molecule has 112 valence electrons. The van der Waals surface area contributed by atoms with Crippen molar-refractivity contribution in [1.29, 1.82) is 0 Å². The van der Waals surface area contributed by atoms with Crippen LogP contribution in [0, 0.1) is 0 Å². The van der Waals surface area contributed by atoms with Crippen LogP contribution in [0.3, 0.4) is 0 Å². The molecule has 0 amide bonds. The number of rotatable bonds is 1. The molecule has 1 aromatic rings. The zero-order chi connectivity index (χ0) is 14.6. The van der Waals surface area contributed by atoms with Crippen LogP contribution in [0.4, 0.5) is 0 Å². The van der Waals surface area contributed by atoms with Crippen molar-refractivity contribution in [2.75, 3.05) is 13.6 Å². The summed E-state index contributed by atoms with van der Waals surface area (Å²) in [5.41, 5.74) is 1.15. The third-order valence-corrected chi connectivity index (χ3v) is 8.04. The van der Waals surface area contributed by atoms with E-state index >= 15 is 0 Å². The van der Waals surface area contributed by atoms with E-state index in [0.717, 1.165) is 24.9 Å². The molecule has 0 aliphatic carbocycles. The molecule has 3 aliphatic heterocycles. The third kappa shape index (κ3) is 1.82. The molecule has 3 saturated heterocycles. The lowest BCUT2D eigenvalue weighted by atomic mass is 10.0. The maximum atomic E-state index is 12.2. The first-order valence-corrected chi connectivity index (χ1v) is 9.03. The van der Waals surface area contributed by atoms with Gasteiger partial charge in [0.2, 0.25) is 0 Å². The van der Waals surface area contributed by atoms with Crippen LogP contribution in [0.15, 0.2) is 30.3 Å². The third-order valence-electron chi connectivity index (χ3n) is 4.84. The minimum Gasteiger partial charge on any atom is -0.245 e. The lowest BCUT2D eigenvalue weighted by Crippen LogP contribution is -2.32. The van der Waals surface area contributed by atoms with Gasteiger partial charge in [-0.05, 0) is 25.3 Å². The van der Waals surface area contributed by atoms with Crippen LogP contribution in [0.25, 0.3) is 0 Å². The first-order chi connectivity index (χ1) is 10.1. The molecule has 0 saturated carbocycles. The summed E-state index contributed by atoms with van der Waals surface area (Å²) in [5, 5.41) is 0. The Morgan fingerprint density at radius 1 is 1.29 bits per heavy atom. The fourth-order valence-electron chi connectivity index (χ4n) is 3.57. The Kier molecular flexibility index (Phi) is 3.09. The maximum Gasteiger partial charge on any atom is 0.486 e. The highest BCUT2D eigenvalue weighted by molar-refractivity contribution is 7.63. The molecule has 5 nitrogen and oxygen atoms in total. The first kappa shape index (κ1) is 13.6. The fourth-order valence-corrected chi connectivity index (χ4v) is 6.97. The fraction of sp³-hybridized carbons (Fsp3) is 0.533. The molecule has 3 heterocycles. The van der Waals surface area contributed by atoms with E-state index in [1.165, 1.54) is 0 Å². The van der Waals surface area contributed by atoms with E-state index in [1.54, 1.807) is 0 Å². The second kappa shape index (κ2) is 4.75. The summed E-state index contributed by atoms with van der Waals surface area (Å²) < 4.78 is 16.6. The van der Waals surface area contributed by atoms with Crippen molar-refractivity contribution in [3.63, 3.8) is 0 Å². The van der Waals surface area contributed by atoms with Gasteiger partial charge >= 0.3 is 14.0 Å². The number of hydrogen-bond donors (Lipinski definition) is 0. The summed E-state index contributed by atoms with van der Waals surface area (Å²) in [5.74, 6) is -0.103. The van der Waals surface area contributed by atoms with E-state index in [1.807, 2.05) is 25.2 Å². The van der Waals surface area contributed by atoms with Gasteiger partial charge in [0, 0.05) is 13.6 Å². The molecule has 0 aromatic heterocycles. The Balaban J connectivity index is 1.70. The number of likely N-dealkylation sites (N-methyl/N-ethyl adjacent to an activating group) is 1. The lowest BCUT2D eigenvalue weighted by Gasteiger charge is -2.23. The molecule has 4 rings (SSSR count). The van der Waals surface area contributed by atoms with Gasteiger partial charge in [-0.25, -0.2) is 9.32 Å². The Hall–Kier alpha value is -1.00. The van der Waals surface area contributed by atoms with E-state index in [0.29, 0.717) is 0 Å². The van der Waals surface area contributed by atoms with Crippen molar-refractivity contribution in [2.45, 2.75) is 38.0 Å². The standard InChI is InChI=1S/C15H20N2O3P/c1-11-14(12-7-4-3-5-8-12)19-21(16(11)2)17-10-6-9-13(17)15(18)20-21/h3-5,7-8,11,13-14H,6,9-10H2,1-2H3/q+1. The van der Waals surface area contributed by atoms with Crippen LogP contribution in [-0.2, 0) is 13.8 Å². The maximum absolute atomic E-state index is 12.2. The van der Waals surface area contributed by atoms with Crippen molar-refractivity contribution in [2.24, 2.45) is 0 Å². The topological polar surface area (TPSA) is 42.0 Å². The number of carbonyl (C=O) groups is 1. The Morgan fingerprint density at radius 2 is 2.05 bits per heavy atom. The van der Waals surface area contributed by atoms with Crippen LogP contribution in [0.5, 0.6) is 0 Å². The van der Waals surface area contributed by atoms with E-state index in [9.17, 15) is 4.79 Å². The van der Waals surface area contributed by atoms with Crippen LogP contribution in [-0.4, -0.2) is 41.0 Å². The minimum absolute atomic E-state index is 0.0447. The predicted molar refractivity (Wildman–Crippen MR) is 80.2 cm³/mol. The first-order valence-electron chi connectivity index (χ1n) is 7.50. The zero-order valence-corrected chi connectivity index (χ0v) is 13.2. The molecule has 0 radical (unpaired) electrons. The molecule has 21 heavy (non-hydrogen) atoms. The summed E-state index contributed by atoms with van der Waals surface area (Å²) in [6, 6.07) is 10.3.